The van der Waals surface area contributed by atoms with Crippen LogP contribution in [0.2, 0.25) is 0 Å². The number of methoxy groups -OCH3 is 1. The first-order valence-corrected chi connectivity index (χ1v) is 7.11. The molecule has 0 aromatic heterocycles. The average molecular weight is 294 g/mol. The Hall–Kier alpha value is -1.59. The van der Waals surface area contributed by atoms with Crippen LogP contribution in [0, 0.1) is 19.8 Å². The van der Waals surface area contributed by atoms with Crippen LogP contribution in [0.1, 0.15) is 35.6 Å². The molecule has 1 unspecified atom stereocenters. The van der Waals surface area contributed by atoms with Gasteiger partial charge in [0.2, 0.25) is 0 Å². The molecule has 21 heavy (non-hydrogen) atoms. The van der Waals surface area contributed by atoms with Gasteiger partial charge in [-0.3, -0.25) is 4.79 Å². The van der Waals surface area contributed by atoms with E-state index in [1.54, 1.807) is 7.11 Å². The molecule has 0 radical (unpaired) electrons. The zero-order valence-electron chi connectivity index (χ0n) is 12.6. The lowest BCUT2D eigenvalue weighted by Gasteiger charge is -2.25. The Morgan fingerprint density at radius 3 is 2.76 bits per heavy atom. The molecule has 1 saturated heterocycles. The summed E-state index contributed by atoms with van der Waals surface area (Å²) in [6.45, 7) is 3.82. The van der Waals surface area contributed by atoms with Crippen LogP contribution < -0.4 is 4.74 Å². The topological polar surface area (TPSA) is 76.0 Å². The molecule has 1 fully saturated rings. The fraction of sp³-hybridized carbons (Fsp3) is 0.562. The van der Waals surface area contributed by atoms with Gasteiger partial charge in [-0.1, -0.05) is 11.6 Å². The molecule has 0 amide bonds. The molecule has 3 atom stereocenters. The van der Waals surface area contributed by atoms with Crippen molar-refractivity contribution in [2.75, 3.05) is 13.7 Å². The minimum absolute atomic E-state index is 0.0332. The third-order valence-corrected chi connectivity index (χ3v) is 3.94. The van der Waals surface area contributed by atoms with Gasteiger partial charge in [-0.25, -0.2) is 0 Å². The number of esters is 1. The number of rotatable bonds is 5. The first-order valence-electron chi connectivity index (χ1n) is 7.11. The van der Waals surface area contributed by atoms with Crippen LogP contribution in [-0.2, 0) is 9.53 Å². The van der Waals surface area contributed by atoms with Crippen LogP contribution in [0.5, 0.6) is 5.75 Å². The van der Waals surface area contributed by atoms with Crippen molar-refractivity contribution in [1.82, 2.24) is 0 Å². The maximum Gasteiger partial charge on any atom is 0.306 e. The van der Waals surface area contributed by atoms with Gasteiger partial charge in [0.25, 0.3) is 0 Å². The molecule has 5 heteroatoms. The van der Waals surface area contributed by atoms with E-state index in [1.165, 1.54) is 0 Å². The van der Waals surface area contributed by atoms with Crippen LogP contribution in [0.15, 0.2) is 12.1 Å². The van der Waals surface area contributed by atoms with E-state index in [0.717, 1.165) is 11.1 Å². The van der Waals surface area contributed by atoms with Crippen LogP contribution in [0.25, 0.3) is 0 Å². The molecular weight excluding hydrogens is 272 g/mol. The van der Waals surface area contributed by atoms with Crippen molar-refractivity contribution in [2.24, 2.45) is 5.92 Å². The zero-order valence-corrected chi connectivity index (χ0v) is 12.6. The monoisotopic (exact) mass is 294 g/mol. The molecule has 0 spiro atoms. The Balaban J connectivity index is 2.34. The summed E-state index contributed by atoms with van der Waals surface area (Å²) in [5.41, 5.74) is 2.55. The lowest BCUT2D eigenvalue weighted by Crippen LogP contribution is -2.26. The van der Waals surface area contributed by atoms with Crippen LogP contribution in [0.3, 0.4) is 0 Å². The third kappa shape index (κ3) is 3.19. The minimum Gasteiger partial charge on any atom is -0.496 e. The number of aryl methyl sites for hydroxylation is 2. The maximum absolute atomic E-state index is 11.5. The van der Waals surface area contributed by atoms with Crippen molar-refractivity contribution < 1.29 is 24.5 Å². The summed E-state index contributed by atoms with van der Waals surface area (Å²) >= 11 is 0. The maximum atomic E-state index is 11.5. The number of hydrogen-bond acceptors (Lipinski definition) is 5. The number of aliphatic hydroxyl groups is 2. The molecule has 1 aliphatic heterocycles. The Morgan fingerprint density at radius 2 is 2.14 bits per heavy atom. The van der Waals surface area contributed by atoms with Gasteiger partial charge in [0.05, 0.1) is 13.5 Å². The summed E-state index contributed by atoms with van der Waals surface area (Å²) in [6.07, 6.45) is -0.933. The van der Waals surface area contributed by atoms with Crippen molar-refractivity contribution >= 4 is 5.97 Å². The Morgan fingerprint density at radius 1 is 1.43 bits per heavy atom. The largest absolute Gasteiger partial charge is 0.496 e. The highest BCUT2D eigenvalue weighted by atomic mass is 16.6. The predicted octanol–water partition coefficient (Wildman–Crippen LogP) is 1.66. The highest BCUT2D eigenvalue weighted by Crippen LogP contribution is 2.39. The Kier molecular flexibility index (Phi) is 4.85. The molecule has 0 bridgehead atoms. The number of cyclic esters (lactones) is 1. The highest BCUT2D eigenvalue weighted by molar-refractivity contribution is 5.72. The van der Waals surface area contributed by atoms with E-state index in [1.807, 2.05) is 26.0 Å². The second-order valence-corrected chi connectivity index (χ2v) is 5.58. The van der Waals surface area contributed by atoms with Gasteiger partial charge in [0, 0.05) is 18.1 Å². The van der Waals surface area contributed by atoms with Gasteiger partial charge >= 0.3 is 5.97 Å². The fourth-order valence-electron chi connectivity index (χ4n) is 3.04. The fourth-order valence-corrected chi connectivity index (χ4v) is 3.04. The van der Waals surface area contributed by atoms with E-state index in [0.29, 0.717) is 17.7 Å². The van der Waals surface area contributed by atoms with Gasteiger partial charge in [-0.15, -0.1) is 0 Å². The number of carbonyl (C=O) groups is 1. The Labute approximate surface area is 124 Å². The van der Waals surface area contributed by atoms with Crippen LogP contribution >= 0.6 is 0 Å². The van der Waals surface area contributed by atoms with Crippen molar-refractivity contribution in [3.05, 3.63) is 28.8 Å². The summed E-state index contributed by atoms with van der Waals surface area (Å²) in [4.78, 5) is 11.5. The molecule has 2 rings (SSSR count). The first-order chi connectivity index (χ1) is 9.97. The van der Waals surface area contributed by atoms with Crippen molar-refractivity contribution in [3.8, 4) is 5.75 Å². The van der Waals surface area contributed by atoms with E-state index < -0.39 is 12.2 Å². The normalized spacial score (nSPS) is 23.0. The molecular formula is C16H22O5. The van der Waals surface area contributed by atoms with Gasteiger partial charge in [0.15, 0.2) is 0 Å². The lowest BCUT2D eigenvalue weighted by molar-refractivity contribution is -0.146. The first kappa shape index (κ1) is 15.8. The lowest BCUT2D eigenvalue weighted by atomic mass is 9.89. The number of aliphatic hydroxyl groups excluding tert-OH is 2. The minimum atomic E-state index is -0.957. The van der Waals surface area contributed by atoms with Crippen LogP contribution in [-0.4, -0.2) is 36.0 Å². The molecule has 5 nitrogen and oxygen atoms in total. The summed E-state index contributed by atoms with van der Waals surface area (Å²) in [6, 6.07) is 3.82. The molecule has 1 aromatic rings. The van der Waals surface area contributed by atoms with E-state index in [2.05, 4.69) is 0 Å². The highest BCUT2D eigenvalue weighted by Gasteiger charge is 2.40. The number of carbonyl (C=O) groups excluding carboxylic acids is 1. The van der Waals surface area contributed by atoms with Crippen molar-refractivity contribution in [2.45, 2.75) is 38.9 Å². The summed E-state index contributed by atoms with van der Waals surface area (Å²) < 4.78 is 10.7. The summed E-state index contributed by atoms with van der Waals surface area (Å²) in [5, 5.41) is 19.8. The average Bonchev–Trinajstić information content (AvgIpc) is 2.78. The van der Waals surface area contributed by atoms with Crippen LogP contribution in [0.4, 0.5) is 0 Å². The quantitative estimate of drug-likeness (QED) is 0.808. The smallest absolute Gasteiger partial charge is 0.306 e. The van der Waals surface area contributed by atoms with Gasteiger partial charge in [-0.2, -0.15) is 0 Å². The van der Waals surface area contributed by atoms with Crippen molar-refractivity contribution in [3.63, 3.8) is 0 Å². The number of benzene rings is 1. The molecule has 1 aromatic carbocycles. The molecule has 0 saturated carbocycles. The second-order valence-electron chi connectivity index (χ2n) is 5.58. The number of ether oxygens (including phenoxy) is 2. The second kappa shape index (κ2) is 6.45. The van der Waals surface area contributed by atoms with E-state index in [-0.39, 0.29) is 24.9 Å². The van der Waals surface area contributed by atoms with Crippen molar-refractivity contribution in [1.29, 1.82) is 0 Å². The summed E-state index contributed by atoms with van der Waals surface area (Å²) in [5.74, 6) is 0.0997. The molecule has 116 valence electrons. The molecule has 1 heterocycles. The molecule has 1 aliphatic rings. The third-order valence-electron chi connectivity index (χ3n) is 3.94. The SMILES string of the molecule is COc1c(C)cc(C)cc1C(O)[C@H]1OC(=O)C[C@@H]1CCO. The van der Waals surface area contributed by atoms with Gasteiger partial charge in [0.1, 0.15) is 18.0 Å². The van der Waals surface area contributed by atoms with E-state index in [9.17, 15) is 9.90 Å². The van der Waals surface area contributed by atoms with E-state index >= 15 is 0 Å². The van der Waals surface area contributed by atoms with E-state index in [4.69, 9.17) is 14.6 Å². The number of hydrogen-bond donors (Lipinski definition) is 2. The molecule has 2 N–H and O–H groups in total. The predicted molar refractivity (Wildman–Crippen MR) is 77.1 cm³/mol. The van der Waals surface area contributed by atoms with Gasteiger partial charge < -0.3 is 19.7 Å². The Bertz CT molecular complexity index is 526. The standard InChI is InChI=1S/C16H22O5/c1-9-6-10(2)15(20-3)12(7-9)14(19)16-11(4-5-17)8-13(18)21-16/h6-7,11,14,16-17,19H,4-5,8H2,1-3H3/t11-,14?,16-/m0/s1. The zero-order chi connectivity index (χ0) is 15.6. The summed E-state index contributed by atoms with van der Waals surface area (Å²) in [7, 11) is 1.56. The van der Waals surface area contributed by atoms with Gasteiger partial charge in [-0.05, 0) is 31.9 Å². The molecule has 0 aliphatic carbocycles.